The number of hydrogen-bond donors (Lipinski definition) is 1. The minimum atomic E-state index is 0.777. The molecular formula is C14H14N2. The summed E-state index contributed by atoms with van der Waals surface area (Å²) in [4.78, 5) is 4.29. The average molecular weight is 210 g/mol. The van der Waals surface area contributed by atoms with E-state index in [1.165, 1.54) is 0 Å². The Labute approximate surface area is 95.5 Å². The van der Waals surface area contributed by atoms with E-state index in [4.69, 9.17) is 5.73 Å². The zero-order chi connectivity index (χ0) is 11.4. The number of aromatic nitrogens is 1. The van der Waals surface area contributed by atoms with Crippen molar-refractivity contribution < 1.29 is 0 Å². The largest absolute Gasteiger partial charge is 0.398 e. The van der Waals surface area contributed by atoms with Crippen molar-refractivity contribution >= 4 is 11.3 Å². The predicted octanol–water partition coefficient (Wildman–Crippen LogP) is 2.93. The highest BCUT2D eigenvalue weighted by molar-refractivity contribution is 5.86. The summed E-state index contributed by atoms with van der Waals surface area (Å²) >= 11 is 0. The molecule has 2 N–H and O–H groups in total. The maximum absolute atomic E-state index is 6.11. The number of nitrogens with two attached hydrogens (primary N) is 1. The van der Waals surface area contributed by atoms with E-state index < -0.39 is 0 Å². The third kappa shape index (κ3) is 2.11. The highest BCUT2D eigenvalue weighted by atomic mass is 14.7. The van der Waals surface area contributed by atoms with Gasteiger partial charge in [-0.15, -0.1) is 0 Å². The van der Waals surface area contributed by atoms with Gasteiger partial charge in [0.15, 0.2) is 0 Å². The van der Waals surface area contributed by atoms with Gasteiger partial charge in [0.2, 0.25) is 0 Å². The Bertz CT molecular complexity index is 439. The van der Waals surface area contributed by atoms with Crippen LogP contribution in [-0.4, -0.2) is 4.98 Å². The van der Waals surface area contributed by atoms with Gasteiger partial charge in [0, 0.05) is 11.9 Å². The summed E-state index contributed by atoms with van der Waals surface area (Å²) in [5.74, 6) is 0. The molecule has 0 bridgehead atoms. The van der Waals surface area contributed by atoms with E-state index in [-0.39, 0.29) is 0 Å². The van der Waals surface area contributed by atoms with Crippen LogP contribution in [0.25, 0.3) is 11.3 Å². The maximum Gasteiger partial charge on any atom is 0.0679 e. The van der Waals surface area contributed by atoms with E-state index >= 15 is 0 Å². The quantitative estimate of drug-likeness (QED) is 0.827. The summed E-state index contributed by atoms with van der Waals surface area (Å²) in [6, 6.07) is 15.8. The van der Waals surface area contributed by atoms with Crippen molar-refractivity contribution in [1.82, 2.24) is 4.98 Å². The molecule has 80 valence electrons. The number of benzene rings is 1. The molecule has 0 fully saturated rings. The summed E-state index contributed by atoms with van der Waals surface area (Å²) < 4.78 is 0. The van der Waals surface area contributed by atoms with Crippen LogP contribution in [-0.2, 0) is 0 Å². The Balaban J connectivity index is 2.43. The minimum absolute atomic E-state index is 0.777. The van der Waals surface area contributed by atoms with E-state index in [0.717, 1.165) is 22.5 Å². The molecule has 2 rings (SSSR count). The number of allylic oxidation sites excluding steroid dienone is 1. The zero-order valence-electron chi connectivity index (χ0n) is 9.22. The lowest BCUT2D eigenvalue weighted by molar-refractivity contribution is 1.26. The van der Waals surface area contributed by atoms with Crippen LogP contribution in [0.5, 0.6) is 0 Å². The van der Waals surface area contributed by atoms with Crippen molar-refractivity contribution in [1.29, 1.82) is 0 Å². The first-order chi connectivity index (χ1) is 7.79. The molecule has 0 atom stereocenters. The number of pyridine rings is 1. The molecule has 0 spiro atoms. The van der Waals surface area contributed by atoms with Gasteiger partial charge in [-0.05, 0) is 30.2 Å². The van der Waals surface area contributed by atoms with Crippen LogP contribution in [0.4, 0.5) is 0 Å². The van der Waals surface area contributed by atoms with Crippen LogP contribution >= 0.6 is 0 Å². The van der Waals surface area contributed by atoms with Gasteiger partial charge < -0.3 is 5.73 Å². The fourth-order valence-electron chi connectivity index (χ4n) is 1.56. The number of hydrogen-bond acceptors (Lipinski definition) is 2. The standard InChI is InChI=1S/C14H14N2/c1-11(13-9-5-6-10-16-13)14(15)12-7-3-2-4-8-12/h2-10H,15H2,1H3. The van der Waals surface area contributed by atoms with E-state index in [1.54, 1.807) is 6.20 Å². The third-order valence-corrected chi connectivity index (χ3v) is 2.54. The fourth-order valence-corrected chi connectivity index (χ4v) is 1.56. The second kappa shape index (κ2) is 4.62. The van der Waals surface area contributed by atoms with Crippen molar-refractivity contribution in [2.45, 2.75) is 6.92 Å². The predicted molar refractivity (Wildman–Crippen MR) is 67.4 cm³/mol. The Hall–Kier alpha value is -2.09. The van der Waals surface area contributed by atoms with Crippen molar-refractivity contribution in [3.63, 3.8) is 0 Å². The van der Waals surface area contributed by atoms with Gasteiger partial charge in [-0.25, -0.2) is 0 Å². The first-order valence-corrected chi connectivity index (χ1v) is 5.22. The molecular weight excluding hydrogens is 196 g/mol. The lowest BCUT2D eigenvalue weighted by Crippen LogP contribution is -2.00. The van der Waals surface area contributed by atoms with Gasteiger partial charge in [-0.2, -0.15) is 0 Å². The molecule has 0 aliphatic carbocycles. The molecule has 0 amide bonds. The second-order valence-corrected chi connectivity index (χ2v) is 3.62. The van der Waals surface area contributed by atoms with Crippen LogP contribution in [0.3, 0.4) is 0 Å². The maximum atomic E-state index is 6.11. The van der Waals surface area contributed by atoms with Crippen LogP contribution in [0.2, 0.25) is 0 Å². The van der Waals surface area contributed by atoms with Crippen LogP contribution in [0.15, 0.2) is 54.7 Å². The lowest BCUT2D eigenvalue weighted by Gasteiger charge is -2.07. The van der Waals surface area contributed by atoms with Gasteiger partial charge in [0.1, 0.15) is 0 Å². The summed E-state index contributed by atoms with van der Waals surface area (Å²) in [6.07, 6.45) is 1.77. The topological polar surface area (TPSA) is 38.9 Å². The zero-order valence-corrected chi connectivity index (χ0v) is 9.22. The van der Waals surface area contributed by atoms with Gasteiger partial charge in [-0.1, -0.05) is 36.4 Å². The number of rotatable bonds is 2. The summed E-state index contributed by atoms with van der Waals surface area (Å²) in [5.41, 5.74) is 9.85. The summed E-state index contributed by atoms with van der Waals surface area (Å²) in [5, 5.41) is 0. The molecule has 0 aliphatic rings. The smallest absolute Gasteiger partial charge is 0.0679 e. The molecule has 2 heteroatoms. The average Bonchev–Trinajstić information content (AvgIpc) is 2.39. The monoisotopic (exact) mass is 210 g/mol. The number of nitrogens with zero attached hydrogens (tertiary/aromatic N) is 1. The van der Waals surface area contributed by atoms with Gasteiger partial charge >= 0.3 is 0 Å². The Morgan fingerprint density at radius 3 is 2.31 bits per heavy atom. The SMILES string of the molecule is CC(=C(N)c1ccccc1)c1ccccn1. The molecule has 0 saturated carbocycles. The van der Waals surface area contributed by atoms with Crippen molar-refractivity contribution in [2.24, 2.45) is 5.73 Å². The molecule has 1 aromatic heterocycles. The normalized spacial score (nSPS) is 12.1. The molecule has 0 radical (unpaired) electrons. The van der Waals surface area contributed by atoms with Crippen LogP contribution in [0.1, 0.15) is 18.2 Å². The van der Waals surface area contributed by atoms with Gasteiger partial charge in [0.25, 0.3) is 0 Å². The Kier molecular flexibility index (Phi) is 3.01. The lowest BCUT2D eigenvalue weighted by atomic mass is 10.1. The van der Waals surface area contributed by atoms with Crippen LogP contribution in [0, 0.1) is 0 Å². The summed E-state index contributed by atoms with van der Waals surface area (Å²) in [7, 11) is 0. The van der Waals surface area contributed by atoms with E-state index in [0.29, 0.717) is 0 Å². The Morgan fingerprint density at radius 1 is 1.00 bits per heavy atom. The van der Waals surface area contributed by atoms with Crippen molar-refractivity contribution in [3.8, 4) is 0 Å². The van der Waals surface area contributed by atoms with Crippen molar-refractivity contribution in [3.05, 3.63) is 66.0 Å². The molecule has 0 unspecified atom stereocenters. The molecule has 2 aromatic rings. The van der Waals surface area contributed by atoms with E-state index in [9.17, 15) is 0 Å². The summed E-state index contributed by atoms with van der Waals surface area (Å²) in [6.45, 7) is 1.99. The highest BCUT2D eigenvalue weighted by Crippen LogP contribution is 2.19. The molecule has 1 aromatic carbocycles. The minimum Gasteiger partial charge on any atom is -0.398 e. The second-order valence-electron chi connectivity index (χ2n) is 3.62. The molecule has 0 saturated heterocycles. The molecule has 0 aliphatic heterocycles. The Morgan fingerprint density at radius 2 is 1.69 bits per heavy atom. The fraction of sp³-hybridized carbons (Fsp3) is 0.0714. The first-order valence-electron chi connectivity index (χ1n) is 5.22. The van der Waals surface area contributed by atoms with Crippen molar-refractivity contribution in [2.75, 3.05) is 0 Å². The highest BCUT2D eigenvalue weighted by Gasteiger charge is 2.03. The third-order valence-electron chi connectivity index (χ3n) is 2.54. The van der Waals surface area contributed by atoms with E-state index in [1.807, 2.05) is 55.5 Å². The molecule has 1 heterocycles. The molecule has 2 nitrogen and oxygen atoms in total. The molecule has 16 heavy (non-hydrogen) atoms. The van der Waals surface area contributed by atoms with Gasteiger partial charge in [0.05, 0.1) is 5.69 Å². The van der Waals surface area contributed by atoms with Crippen LogP contribution < -0.4 is 5.73 Å². The van der Waals surface area contributed by atoms with E-state index in [2.05, 4.69) is 4.98 Å². The van der Waals surface area contributed by atoms with Gasteiger partial charge in [-0.3, -0.25) is 4.98 Å². The first kappa shape index (κ1) is 10.4.